The van der Waals surface area contributed by atoms with Crippen LogP contribution in [0, 0.1) is 0 Å². The van der Waals surface area contributed by atoms with Crippen molar-refractivity contribution >= 4 is 17.8 Å². The molecule has 6 nitrogen and oxygen atoms in total. The van der Waals surface area contributed by atoms with Gasteiger partial charge in [0.15, 0.2) is 0 Å². The highest BCUT2D eigenvalue weighted by Gasteiger charge is 2.13. The Bertz CT molecular complexity index is 650. The lowest BCUT2D eigenvalue weighted by atomic mass is 10.0. The zero-order valence-corrected chi connectivity index (χ0v) is 9.70. The van der Waals surface area contributed by atoms with Crippen molar-refractivity contribution in [1.29, 1.82) is 0 Å². The smallest absolute Gasteiger partial charge is 0.336 e. The molecule has 0 fully saturated rings. The van der Waals surface area contributed by atoms with E-state index < -0.39 is 11.9 Å². The molecule has 1 aromatic heterocycles. The van der Waals surface area contributed by atoms with Crippen LogP contribution < -0.4 is 5.73 Å². The summed E-state index contributed by atoms with van der Waals surface area (Å²) in [6, 6.07) is 7.13. The van der Waals surface area contributed by atoms with Crippen LogP contribution in [0.25, 0.3) is 11.1 Å². The first-order chi connectivity index (χ1) is 8.99. The maximum absolute atomic E-state index is 11.1. The topological polar surface area (TPSA) is 114 Å². The van der Waals surface area contributed by atoms with Gasteiger partial charge in [0.05, 0.1) is 11.1 Å². The van der Waals surface area contributed by atoms with E-state index in [0.29, 0.717) is 11.1 Å². The van der Waals surface area contributed by atoms with E-state index in [0.717, 1.165) is 0 Å². The average Bonchev–Trinajstić information content (AvgIpc) is 2.38. The molecule has 4 N–H and O–H groups in total. The molecule has 0 aliphatic rings. The van der Waals surface area contributed by atoms with Crippen LogP contribution in [0.2, 0.25) is 0 Å². The molecule has 2 rings (SSSR count). The summed E-state index contributed by atoms with van der Waals surface area (Å²) in [6.45, 7) is 0. The van der Waals surface area contributed by atoms with Gasteiger partial charge in [-0.15, -0.1) is 0 Å². The lowest BCUT2D eigenvalue weighted by molar-refractivity contribution is 0.0686. The third-order valence-electron chi connectivity index (χ3n) is 2.60. The van der Waals surface area contributed by atoms with Crippen LogP contribution in [0.4, 0.5) is 5.82 Å². The molecular weight excluding hydrogens is 248 g/mol. The minimum atomic E-state index is -1.12. The number of pyridine rings is 1. The van der Waals surface area contributed by atoms with E-state index in [1.54, 1.807) is 0 Å². The second-order valence-electron chi connectivity index (χ2n) is 3.84. The van der Waals surface area contributed by atoms with Crippen molar-refractivity contribution in [1.82, 2.24) is 4.98 Å². The molecule has 0 spiro atoms. The zero-order chi connectivity index (χ0) is 14.0. The van der Waals surface area contributed by atoms with Crippen molar-refractivity contribution in [2.75, 3.05) is 5.73 Å². The molecule has 0 saturated carbocycles. The minimum Gasteiger partial charge on any atom is -0.478 e. The summed E-state index contributed by atoms with van der Waals surface area (Å²) in [5, 5.41) is 17.9. The van der Waals surface area contributed by atoms with Crippen molar-refractivity contribution in [2.45, 2.75) is 0 Å². The van der Waals surface area contributed by atoms with Gasteiger partial charge in [-0.25, -0.2) is 14.6 Å². The fourth-order valence-corrected chi connectivity index (χ4v) is 1.67. The number of carboxylic acids is 2. The molecule has 2 aromatic rings. The fourth-order valence-electron chi connectivity index (χ4n) is 1.67. The molecule has 0 aliphatic heterocycles. The summed E-state index contributed by atoms with van der Waals surface area (Å²) < 4.78 is 0. The second-order valence-corrected chi connectivity index (χ2v) is 3.84. The second kappa shape index (κ2) is 4.77. The standard InChI is InChI=1S/C13H10N2O4/c14-11-5-9(13(18)19)10(6-15-11)7-1-3-8(4-2-7)12(16)17/h1-6H,(H2,14,15)(H,16,17)(H,18,19). The van der Waals surface area contributed by atoms with Gasteiger partial charge in [0.1, 0.15) is 5.82 Å². The molecule has 19 heavy (non-hydrogen) atoms. The van der Waals surface area contributed by atoms with Gasteiger partial charge in [0, 0.05) is 11.8 Å². The largest absolute Gasteiger partial charge is 0.478 e. The summed E-state index contributed by atoms with van der Waals surface area (Å²) in [5.41, 5.74) is 6.56. The predicted molar refractivity (Wildman–Crippen MR) is 68.0 cm³/mol. The van der Waals surface area contributed by atoms with E-state index >= 15 is 0 Å². The van der Waals surface area contributed by atoms with Crippen molar-refractivity contribution in [3.63, 3.8) is 0 Å². The number of nitrogens with zero attached hydrogens (tertiary/aromatic N) is 1. The highest BCUT2D eigenvalue weighted by Crippen LogP contribution is 2.24. The molecule has 0 saturated heterocycles. The van der Waals surface area contributed by atoms with Crippen molar-refractivity contribution in [3.8, 4) is 11.1 Å². The highest BCUT2D eigenvalue weighted by molar-refractivity contribution is 5.97. The van der Waals surface area contributed by atoms with Gasteiger partial charge >= 0.3 is 11.9 Å². The highest BCUT2D eigenvalue weighted by atomic mass is 16.4. The quantitative estimate of drug-likeness (QED) is 0.772. The van der Waals surface area contributed by atoms with E-state index in [-0.39, 0.29) is 16.9 Å². The average molecular weight is 258 g/mol. The number of nitrogens with two attached hydrogens (primary N) is 1. The Kier molecular flexibility index (Phi) is 3.15. The number of aromatic nitrogens is 1. The van der Waals surface area contributed by atoms with Crippen molar-refractivity contribution < 1.29 is 19.8 Å². The Hall–Kier alpha value is -2.89. The number of nitrogen functional groups attached to an aromatic ring is 1. The fraction of sp³-hybridized carbons (Fsp3) is 0. The maximum Gasteiger partial charge on any atom is 0.336 e. The first kappa shape index (κ1) is 12.6. The predicted octanol–water partition coefficient (Wildman–Crippen LogP) is 1.73. The summed E-state index contributed by atoms with van der Waals surface area (Å²) in [4.78, 5) is 25.7. The third kappa shape index (κ3) is 2.52. The van der Waals surface area contributed by atoms with Gasteiger partial charge < -0.3 is 15.9 Å². The van der Waals surface area contributed by atoms with Gasteiger partial charge in [-0.3, -0.25) is 0 Å². The SMILES string of the molecule is Nc1cc(C(=O)O)c(-c2ccc(C(=O)O)cc2)cn1. The van der Waals surface area contributed by atoms with Crippen LogP contribution in [0.3, 0.4) is 0 Å². The first-order valence-corrected chi connectivity index (χ1v) is 5.31. The van der Waals surface area contributed by atoms with Gasteiger partial charge in [-0.1, -0.05) is 12.1 Å². The van der Waals surface area contributed by atoms with E-state index in [4.69, 9.17) is 15.9 Å². The van der Waals surface area contributed by atoms with Crippen LogP contribution in [-0.4, -0.2) is 27.1 Å². The molecule has 0 radical (unpaired) electrons. The van der Waals surface area contributed by atoms with Crippen LogP contribution in [0.1, 0.15) is 20.7 Å². The lowest BCUT2D eigenvalue weighted by Gasteiger charge is -2.07. The van der Waals surface area contributed by atoms with Gasteiger partial charge in [0.25, 0.3) is 0 Å². The van der Waals surface area contributed by atoms with Gasteiger partial charge in [0.2, 0.25) is 0 Å². The summed E-state index contributed by atoms with van der Waals surface area (Å²) in [6.07, 6.45) is 1.36. The van der Waals surface area contributed by atoms with Crippen LogP contribution in [0.5, 0.6) is 0 Å². The maximum atomic E-state index is 11.1. The Morgan fingerprint density at radius 3 is 2.21 bits per heavy atom. The molecule has 0 unspecified atom stereocenters. The third-order valence-corrected chi connectivity index (χ3v) is 2.60. The minimum absolute atomic E-state index is 0.0237. The molecular formula is C13H10N2O4. The van der Waals surface area contributed by atoms with E-state index in [1.165, 1.54) is 36.5 Å². The Labute approximate surface area is 108 Å². The molecule has 96 valence electrons. The molecule has 0 atom stereocenters. The number of anilines is 1. The molecule has 0 amide bonds. The molecule has 6 heteroatoms. The number of hydrogen-bond acceptors (Lipinski definition) is 4. The monoisotopic (exact) mass is 258 g/mol. The van der Waals surface area contributed by atoms with E-state index in [9.17, 15) is 9.59 Å². The van der Waals surface area contributed by atoms with Crippen LogP contribution >= 0.6 is 0 Å². The van der Waals surface area contributed by atoms with Crippen molar-refractivity contribution in [2.24, 2.45) is 0 Å². The number of carboxylic acid groups (broad SMARTS) is 2. The Morgan fingerprint density at radius 2 is 1.68 bits per heavy atom. The van der Waals surface area contributed by atoms with Gasteiger partial charge in [-0.05, 0) is 23.8 Å². The summed E-state index contributed by atoms with van der Waals surface area (Å²) >= 11 is 0. The number of aromatic carboxylic acids is 2. The van der Waals surface area contributed by atoms with E-state index in [2.05, 4.69) is 4.98 Å². The lowest BCUT2D eigenvalue weighted by Crippen LogP contribution is -2.03. The Morgan fingerprint density at radius 1 is 1.05 bits per heavy atom. The summed E-state index contributed by atoms with van der Waals surface area (Å²) in [7, 11) is 0. The van der Waals surface area contributed by atoms with E-state index in [1.807, 2.05) is 0 Å². The zero-order valence-electron chi connectivity index (χ0n) is 9.70. The Balaban J connectivity index is 2.52. The summed E-state index contributed by atoms with van der Waals surface area (Å²) in [5.74, 6) is -2.05. The number of benzene rings is 1. The molecule has 0 bridgehead atoms. The number of rotatable bonds is 3. The number of hydrogen-bond donors (Lipinski definition) is 3. The van der Waals surface area contributed by atoms with Crippen LogP contribution in [-0.2, 0) is 0 Å². The number of carbonyl (C=O) groups is 2. The van der Waals surface area contributed by atoms with Gasteiger partial charge in [-0.2, -0.15) is 0 Å². The normalized spacial score (nSPS) is 10.1. The van der Waals surface area contributed by atoms with Crippen molar-refractivity contribution in [3.05, 3.63) is 47.7 Å². The molecule has 1 aromatic carbocycles. The van der Waals surface area contributed by atoms with Crippen LogP contribution in [0.15, 0.2) is 36.5 Å². The first-order valence-electron chi connectivity index (χ1n) is 5.31. The molecule has 0 aliphatic carbocycles. The molecule has 1 heterocycles.